The molecule has 2 amide bonds. The van der Waals surface area contributed by atoms with Crippen LogP contribution in [0.3, 0.4) is 0 Å². The maximum Gasteiger partial charge on any atom is 0.293 e. The van der Waals surface area contributed by atoms with Crippen molar-refractivity contribution in [1.82, 2.24) is 16.2 Å². The Morgan fingerprint density at radius 1 is 1.24 bits per heavy atom. The number of ether oxygens (including phenoxy) is 1. The van der Waals surface area contributed by atoms with Gasteiger partial charge in [0.25, 0.3) is 17.5 Å². The van der Waals surface area contributed by atoms with E-state index in [1.165, 1.54) is 36.6 Å². The van der Waals surface area contributed by atoms with Gasteiger partial charge in [-0.2, -0.15) is 0 Å². The van der Waals surface area contributed by atoms with Crippen molar-refractivity contribution in [3.8, 4) is 5.75 Å². The fourth-order valence-electron chi connectivity index (χ4n) is 1.60. The van der Waals surface area contributed by atoms with Gasteiger partial charge in [0.1, 0.15) is 5.75 Å². The Bertz CT molecular complexity index is 792. The van der Waals surface area contributed by atoms with Crippen LogP contribution < -0.4 is 20.9 Å². The molecule has 0 aliphatic rings. The standard InChI is InChI=1S/C14H12N4O6S/c19-12(8-24-10-4-1-3-9(7-10)18(21)22)16-17-14(25)15-13(20)11-5-2-6-23-11/h1-7H,8H2,(H,16,19)(H2,15,17,20,25). The third-order valence-corrected chi connectivity index (χ3v) is 2.89. The van der Waals surface area contributed by atoms with E-state index in [1.54, 1.807) is 6.07 Å². The van der Waals surface area contributed by atoms with Crippen LogP contribution in [0.4, 0.5) is 5.69 Å². The smallest absolute Gasteiger partial charge is 0.293 e. The maximum atomic E-state index is 11.6. The number of non-ortho nitro benzene ring substituents is 1. The molecule has 25 heavy (non-hydrogen) atoms. The molecule has 1 aromatic carbocycles. The molecular weight excluding hydrogens is 352 g/mol. The van der Waals surface area contributed by atoms with Gasteiger partial charge in [-0.15, -0.1) is 0 Å². The molecule has 0 saturated carbocycles. The first-order valence-corrected chi connectivity index (χ1v) is 7.17. The van der Waals surface area contributed by atoms with Crippen LogP contribution in [0, 0.1) is 10.1 Å². The molecule has 0 aliphatic carbocycles. The Morgan fingerprint density at radius 3 is 2.72 bits per heavy atom. The van der Waals surface area contributed by atoms with Crippen molar-refractivity contribution in [3.63, 3.8) is 0 Å². The number of carbonyl (C=O) groups is 2. The number of amides is 2. The highest BCUT2D eigenvalue weighted by Crippen LogP contribution is 2.18. The molecule has 0 atom stereocenters. The van der Waals surface area contributed by atoms with Crippen LogP contribution in [-0.2, 0) is 4.79 Å². The van der Waals surface area contributed by atoms with Crippen LogP contribution >= 0.6 is 12.2 Å². The molecule has 10 nitrogen and oxygen atoms in total. The van der Waals surface area contributed by atoms with E-state index in [0.717, 1.165) is 0 Å². The van der Waals surface area contributed by atoms with Crippen molar-refractivity contribution < 1.29 is 23.7 Å². The number of nitrogens with one attached hydrogen (secondary N) is 3. The van der Waals surface area contributed by atoms with E-state index < -0.39 is 23.3 Å². The van der Waals surface area contributed by atoms with Crippen molar-refractivity contribution in [2.45, 2.75) is 0 Å². The molecule has 0 radical (unpaired) electrons. The molecule has 1 heterocycles. The quantitative estimate of drug-likeness (QED) is 0.404. The summed E-state index contributed by atoms with van der Waals surface area (Å²) in [7, 11) is 0. The number of nitro benzene ring substituents is 1. The number of furan rings is 1. The molecule has 0 fully saturated rings. The molecule has 11 heteroatoms. The minimum atomic E-state index is -0.610. The zero-order chi connectivity index (χ0) is 18.2. The van der Waals surface area contributed by atoms with Crippen molar-refractivity contribution in [2.24, 2.45) is 0 Å². The summed E-state index contributed by atoms with van der Waals surface area (Å²) in [5.41, 5.74) is 4.36. The molecule has 0 spiro atoms. The summed E-state index contributed by atoms with van der Waals surface area (Å²) < 4.78 is 10.0. The van der Waals surface area contributed by atoms with Crippen LogP contribution in [0.1, 0.15) is 10.6 Å². The minimum Gasteiger partial charge on any atom is -0.483 e. The SMILES string of the molecule is O=C(COc1cccc([N+](=O)[O-])c1)NNC(=S)NC(=O)c1ccco1. The number of thiocarbonyl (C=S) groups is 1. The van der Waals surface area contributed by atoms with Crippen molar-refractivity contribution in [1.29, 1.82) is 0 Å². The number of nitrogens with zero attached hydrogens (tertiary/aromatic N) is 1. The summed E-state index contributed by atoms with van der Waals surface area (Å²) >= 11 is 4.83. The third-order valence-electron chi connectivity index (χ3n) is 2.69. The number of hydrogen-bond donors (Lipinski definition) is 3. The number of hydrogen-bond acceptors (Lipinski definition) is 7. The lowest BCUT2D eigenvalue weighted by molar-refractivity contribution is -0.384. The second-order valence-corrected chi connectivity index (χ2v) is 4.89. The number of hydrazine groups is 1. The summed E-state index contributed by atoms with van der Waals surface area (Å²) in [5.74, 6) is -0.965. The average Bonchev–Trinajstić information content (AvgIpc) is 3.13. The first kappa shape index (κ1) is 17.9. The first-order chi connectivity index (χ1) is 12.0. The van der Waals surface area contributed by atoms with E-state index in [1.807, 2.05) is 0 Å². The van der Waals surface area contributed by atoms with Crippen LogP contribution in [0.5, 0.6) is 5.75 Å². The van der Waals surface area contributed by atoms with Gasteiger partial charge in [-0.1, -0.05) is 6.07 Å². The maximum absolute atomic E-state index is 11.6. The summed E-state index contributed by atoms with van der Waals surface area (Å²) in [6.07, 6.45) is 1.33. The number of benzene rings is 1. The lowest BCUT2D eigenvalue weighted by Gasteiger charge is -2.10. The van der Waals surface area contributed by atoms with Gasteiger partial charge in [0.2, 0.25) is 0 Å². The fourth-order valence-corrected chi connectivity index (χ4v) is 1.75. The Kier molecular flexibility index (Phi) is 6.01. The molecule has 2 rings (SSSR count). The highest BCUT2D eigenvalue weighted by atomic mass is 32.1. The van der Waals surface area contributed by atoms with Gasteiger partial charge in [0, 0.05) is 6.07 Å². The third kappa shape index (κ3) is 5.58. The normalized spacial score (nSPS) is 9.76. The first-order valence-electron chi connectivity index (χ1n) is 6.76. The summed E-state index contributed by atoms with van der Waals surface area (Å²) in [4.78, 5) is 33.3. The largest absolute Gasteiger partial charge is 0.483 e. The predicted molar refractivity (Wildman–Crippen MR) is 88.6 cm³/mol. The summed E-state index contributed by atoms with van der Waals surface area (Å²) in [6.45, 7) is -0.414. The van der Waals surface area contributed by atoms with Crippen LogP contribution in [-0.4, -0.2) is 28.5 Å². The molecular formula is C14H12N4O6S. The van der Waals surface area contributed by atoms with E-state index in [-0.39, 0.29) is 22.3 Å². The van der Waals surface area contributed by atoms with Crippen LogP contribution in [0.15, 0.2) is 47.1 Å². The van der Waals surface area contributed by atoms with E-state index in [0.29, 0.717) is 0 Å². The predicted octanol–water partition coefficient (Wildman–Crippen LogP) is 0.902. The minimum absolute atomic E-state index is 0.0597. The van der Waals surface area contributed by atoms with E-state index in [4.69, 9.17) is 21.4 Å². The Morgan fingerprint density at radius 2 is 2.04 bits per heavy atom. The van der Waals surface area contributed by atoms with Gasteiger partial charge in [-0.25, -0.2) is 0 Å². The zero-order valence-electron chi connectivity index (χ0n) is 12.6. The molecule has 3 N–H and O–H groups in total. The molecule has 0 unspecified atom stereocenters. The van der Waals surface area contributed by atoms with Gasteiger partial charge in [0.15, 0.2) is 17.5 Å². The Balaban J connectivity index is 1.73. The average molecular weight is 364 g/mol. The van der Waals surface area contributed by atoms with E-state index >= 15 is 0 Å². The number of carbonyl (C=O) groups excluding carboxylic acids is 2. The van der Waals surface area contributed by atoms with Crippen molar-refractivity contribution >= 4 is 34.8 Å². The lowest BCUT2D eigenvalue weighted by Crippen LogP contribution is -2.49. The molecule has 0 bridgehead atoms. The van der Waals surface area contributed by atoms with Crippen molar-refractivity contribution in [2.75, 3.05) is 6.61 Å². The second-order valence-electron chi connectivity index (χ2n) is 4.48. The lowest BCUT2D eigenvalue weighted by atomic mass is 10.3. The van der Waals surface area contributed by atoms with Gasteiger partial charge >= 0.3 is 0 Å². The fraction of sp³-hybridized carbons (Fsp3) is 0.0714. The number of rotatable bonds is 5. The molecule has 1 aromatic heterocycles. The summed E-state index contributed by atoms with van der Waals surface area (Å²) in [5, 5.41) is 12.8. The molecule has 130 valence electrons. The number of nitro groups is 1. The van der Waals surface area contributed by atoms with Gasteiger partial charge in [-0.3, -0.25) is 35.9 Å². The van der Waals surface area contributed by atoms with Crippen LogP contribution in [0.2, 0.25) is 0 Å². The Labute approximate surface area is 146 Å². The molecule has 2 aromatic rings. The van der Waals surface area contributed by atoms with E-state index in [9.17, 15) is 19.7 Å². The highest BCUT2D eigenvalue weighted by Gasteiger charge is 2.11. The van der Waals surface area contributed by atoms with Gasteiger partial charge < -0.3 is 9.15 Å². The second kappa shape index (κ2) is 8.40. The summed E-state index contributed by atoms with van der Waals surface area (Å²) in [6, 6.07) is 8.39. The molecule has 0 aliphatic heterocycles. The van der Waals surface area contributed by atoms with Crippen LogP contribution in [0.25, 0.3) is 0 Å². The zero-order valence-corrected chi connectivity index (χ0v) is 13.4. The van der Waals surface area contributed by atoms with Crippen molar-refractivity contribution in [3.05, 3.63) is 58.5 Å². The molecule has 0 saturated heterocycles. The topological polar surface area (TPSA) is 136 Å². The van der Waals surface area contributed by atoms with E-state index in [2.05, 4.69) is 16.2 Å². The monoisotopic (exact) mass is 364 g/mol. The van der Waals surface area contributed by atoms with Gasteiger partial charge in [-0.05, 0) is 30.4 Å². The highest BCUT2D eigenvalue weighted by molar-refractivity contribution is 7.80. The van der Waals surface area contributed by atoms with Gasteiger partial charge in [0.05, 0.1) is 17.3 Å². The Hall–Kier alpha value is -3.47.